The highest BCUT2D eigenvalue weighted by molar-refractivity contribution is 5.85. The normalized spacial score (nSPS) is 10.2. The lowest BCUT2D eigenvalue weighted by atomic mass is 10.2. The van der Waals surface area contributed by atoms with Crippen molar-refractivity contribution in [1.82, 2.24) is 10.2 Å². The lowest BCUT2D eigenvalue weighted by molar-refractivity contribution is -0.137. The number of halogens is 2. The Bertz CT molecular complexity index is 483. The highest BCUT2D eigenvalue weighted by atomic mass is 35.5. The van der Waals surface area contributed by atoms with Gasteiger partial charge in [-0.2, -0.15) is 0 Å². The minimum Gasteiger partial charge on any atom is -0.481 e. The van der Waals surface area contributed by atoms with Gasteiger partial charge < -0.3 is 10.4 Å². The SMILES string of the molecule is CCN(CCCCC(=O)O)CC(=O)NCc1ccc(F)cc1.Cl. The van der Waals surface area contributed by atoms with Gasteiger partial charge in [0.2, 0.25) is 5.91 Å². The van der Waals surface area contributed by atoms with Crippen molar-refractivity contribution in [3.63, 3.8) is 0 Å². The first kappa shape index (κ1) is 21.3. The van der Waals surface area contributed by atoms with Gasteiger partial charge in [0.1, 0.15) is 5.82 Å². The molecule has 1 rings (SSSR count). The van der Waals surface area contributed by atoms with Gasteiger partial charge in [0, 0.05) is 13.0 Å². The lowest BCUT2D eigenvalue weighted by Gasteiger charge is -2.19. The van der Waals surface area contributed by atoms with Crippen molar-refractivity contribution in [1.29, 1.82) is 0 Å². The van der Waals surface area contributed by atoms with Crippen LogP contribution in [0.15, 0.2) is 24.3 Å². The number of benzene rings is 1. The van der Waals surface area contributed by atoms with Gasteiger partial charge >= 0.3 is 5.97 Å². The van der Waals surface area contributed by atoms with E-state index in [1.165, 1.54) is 12.1 Å². The fraction of sp³-hybridized carbons (Fsp3) is 0.500. The fourth-order valence-electron chi connectivity index (χ4n) is 2.02. The summed E-state index contributed by atoms with van der Waals surface area (Å²) in [6, 6.07) is 6.00. The Kier molecular flexibility index (Phi) is 11.0. The van der Waals surface area contributed by atoms with Crippen LogP contribution in [0, 0.1) is 5.82 Å². The average molecular weight is 347 g/mol. The van der Waals surface area contributed by atoms with Crippen molar-refractivity contribution in [3.8, 4) is 0 Å². The van der Waals surface area contributed by atoms with E-state index < -0.39 is 5.97 Å². The van der Waals surface area contributed by atoms with Crippen LogP contribution in [0.2, 0.25) is 0 Å². The number of carbonyl (C=O) groups is 2. The van der Waals surface area contributed by atoms with Crippen LogP contribution >= 0.6 is 12.4 Å². The first-order valence-corrected chi connectivity index (χ1v) is 7.46. The zero-order valence-corrected chi connectivity index (χ0v) is 14.1. The molecule has 2 N–H and O–H groups in total. The Morgan fingerprint density at radius 1 is 1.22 bits per heavy atom. The molecule has 0 aliphatic carbocycles. The molecular weight excluding hydrogens is 323 g/mol. The molecule has 0 aliphatic heterocycles. The van der Waals surface area contributed by atoms with E-state index in [-0.39, 0.29) is 37.1 Å². The molecule has 0 radical (unpaired) electrons. The number of carbonyl (C=O) groups excluding carboxylic acids is 1. The summed E-state index contributed by atoms with van der Waals surface area (Å²) in [6.07, 6.45) is 1.53. The Morgan fingerprint density at radius 3 is 2.43 bits per heavy atom. The van der Waals surface area contributed by atoms with Crippen LogP contribution in [0.5, 0.6) is 0 Å². The first-order valence-electron chi connectivity index (χ1n) is 7.46. The molecule has 0 heterocycles. The standard InChI is InChI=1S/C16H23FN2O3.ClH/c1-2-19(10-4-3-5-16(21)22)12-15(20)18-11-13-6-8-14(17)9-7-13;/h6-9H,2-5,10-12H2,1H3,(H,18,20)(H,21,22);1H. The minimum atomic E-state index is -0.792. The number of carboxylic acids is 1. The van der Waals surface area contributed by atoms with Crippen molar-refractivity contribution >= 4 is 24.3 Å². The van der Waals surface area contributed by atoms with E-state index in [1.54, 1.807) is 12.1 Å². The van der Waals surface area contributed by atoms with E-state index in [2.05, 4.69) is 5.32 Å². The molecule has 0 unspecified atom stereocenters. The number of unbranched alkanes of at least 4 members (excludes halogenated alkanes) is 1. The van der Waals surface area contributed by atoms with Crippen LogP contribution in [0.1, 0.15) is 31.7 Å². The molecule has 0 aliphatic rings. The monoisotopic (exact) mass is 346 g/mol. The number of nitrogens with zero attached hydrogens (tertiary/aromatic N) is 1. The van der Waals surface area contributed by atoms with Crippen molar-refractivity contribution in [2.45, 2.75) is 32.7 Å². The number of carboxylic acid groups (broad SMARTS) is 1. The molecular formula is C16H24ClFN2O3. The summed E-state index contributed by atoms with van der Waals surface area (Å²) in [4.78, 5) is 24.3. The average Bonchev–Trinajstić information content (AvgIpc) is 2.49. The van der Waals surface area contributed by atoms with Gasteiger partial charge in [-0.25, -0.2) is 4.39 Å². The topological polar surface area (TPSA) is 69.6 Å². The molecule has 0 bridgehead atoms. The molecule has 130 valence electrons. The van der Waals surface area contributed by atoms with Gasteiger partial charge in [-0.05, 0) is 43.6 Å². The molecule has 0 saturated carbocycles. The van der Waals surface area contributed by atoms with Gasteiger partial charge in [-0.15, -0.1) is 12.4 Å². The van der Waals surface area contributed by atoms with Gasteiger partial charge in [0.15, 0.2) is 0 Å². The van der Waals surface area contributed by atoms with E-state index in [0.29, 0.717) is 19.5 Å². The predicted octanol–water partition coefficient (Wildman–Crippen LogP) is 2.44. The second kappa shape index (κ2) is 11.8. The summed E-state index contributed by atoms with van der Waals surface area (Å²) in [6.45, 7) is 4.05. The van der Waals surface area contributed by atoms with Crippen LogP contribution in [-0.4, -0.2) is 41.5 Å². The Hall–Kier alpha value is -1.66. The second-order valence-electron chi connectivity index (χ2n) is 5.12. The zero-order valence-electron chi connectivity index (χ0n) is 13.3. The van der Waals surface area contributed by atoms with E-state index in [4.69, 9.17) is 5.11 Å². The first-order chi connectivity index (χ1) is 10.5. The number of likely N-dealkylation sites (N-methyl/N-ethyl adjacent to an activating group) is 1. The van der Waals surface area contributed by atoms with Crippen LogP contribution in [0.3, 0.4) is 0 Å². The fourth-order valence-corrected chi connectivity index (χ4v) is 2.02. The summed E-state index contributed by atoms with van der Waals surface area (Å²) in [7, 11) is 0. The Morgan fingerprint density at radius 2 is 1.87 bits per heavy atom. The lowest BCUT2D eigenvalue weighted by Crippen LogP contribution is -2.37. The third-order valence-corrected chi connectivity index (χ3v) is 3.33. The van der Waals surface area contributed by atoms with Crippen LogP contribution in [0.25, 0.3) is 0 Å². The molecule has 0 fully saturated rings. The molecule has 0 atom stereocenters. The molecule has 1 amide bonds. The van der Waals surface area contributed by atoms with Crippen molar-refractivity contribution < 1.29 is 19.1 Å². The zero-order chi connectivity index (χ0) is 16.4. The summed E-state index contributed by atoms with van der Waals surface area (Å²) in [5.41, 5.74) is 0.847. The minimum absolute atomic E-state index is 0. The van der Waals surface area contributed by atoms with Gasteiger partial charge in [0.25, 0.3) is 0 Å². The molecule has 0 saturated heterocycles. The van der Waals surface area contributed by atoms with E-state index in [0.717, 1.165) is 18.5 Å². The summed E-state index contributed by atoms with van der Waals surface area (Å²) < 4.78 is 12.8. The summed E-state index contributed by atoms with van der Waals surface area (Å²) in [5.74, 6) is -1.18. The smallest absolute Gasteiger partial charge is 0.303 e. The Balaban J connectivity index is 0.00000484. The molecule has 1 aromatic carbocycles. The number of nitrogens with one attached hydrogen (secondary N) is 1. The summed E-state index contributed by atoms with van der Waals surface area (Å²) in [5, 5.41) is 11.4. The molecule has 1 aromatic rings. The highest BCUT2D eigenvalue weighted by Crippen LogP contribution is 2.02. The van der Waals surface area contributed by atoms with E-state index >= 15 is 0 Å². The van der Waals surface area contributed by atoms with Crippen LogP contribution in [-0.2, 0) is 16.1 Å². The maximum atomic E-state index is 12.8. The highest BCUT2D eigenvalue weighted by Gasteiger charge is 2.09. The van der Waals surface area contributed by atoms with Crippen molar-refractivity contribution in [2.24, 2.45) is 0 Å². The van der Waals surface area contributed by atoms with E-state index in [1.807, 2.05) is 11.8 Å². The molecule has 7 heteroatoms. The van der Waals surface area contributed by atoms with Crippen molar-refractivity contribution in [2.75, 3.05) is 19.6 Å². The maximum Gasteiger partial charge on any atom is 0.303 e. The largest absolute Gasteiger partial charge is 0.481 e. The molecule has 23 heavy (non-hydrogen) atoms. The van der Waals surface area contributed by atoms with Crippen LogP contribution < -0.4 is 5.32 Å². The van der Waals surface area contributed by atoms with Crippen LogP contribution in [0.4, 0.5) is 4.39 Å². The molecule has 0 spiro atoms. The number of hydrogen-bond donors (Lipinski definition) is 2. The van der Waals surface area contributed by atoms with Crippen molar-refractivity contribution in [3.05, 3.63) is 35.6 Å². The maximum absolute atomic E-state index is 12.8. The quantitative estimate of drug-likeness (QED) is 0.638. The molecule has 0 aromatic heterocycles. The predicted molar refractivity (Wildman–Crippen MR) is 89.1 cm³/mol. The Labute approximate surface area is 142 Å². The third-order valence-electron chi connectivity index (χ3n) is 3.33. The third kappa shape index (κ3) is 9.86. The number of amides is 1. The van der Waals surface area contributed by atoms with E-state index in [9.17, 15) is 14.0 Å². The molecule has 5 nitrogen and oxygen atoms in total. The number of aliphatic carboxylic acids is 1. The number of rotatable bonds is 10. The summed E-state index contributed by atoms with van der Waals surface area (Å²) >= 11 is 0. The second-order valence-corrected chi connectivity index (χ2v) is 5.12. The van der Waals surface area contributed by atoms with Gasteiger partial charge in [-0.1, -0.05) is 19.1 Å². The number of hydrogen-bond acceptors (Lipinski definition) is 3. The van der Waals surface area contributed by atoms with Gasteiger partial charge in [-0.3, -0.25) is 14.5 Å². The van der Waals surface area contributed by atoms with Gasteiger partial charge in [0.05, 0.1) is 6.54 Å².